The van der Waals surface area contributed by atoms with Crippen LogP contribution in [0, 0.1) is 0 Å². The zero-order valence-electron chi connectivity index (χ0n) is 6.28. The Labute approximate surface area is 63.4 Å². The van der Waals surface area contributed by atoms with E-state index in [0.29, 0.717) is 13.1 Å². The van der Waals surface area contributed by atoms with Crippen molar-refractivity contribution in [2.75, 3.05) is 26.7 Å². The van der Waals surface area contributed by atoms with Crippen molar-refractivity contribution in [3.8, 4) is 0 Å². The summed E-state index contributed by atoms with van der Waals surface area (Å²) in [6.07, 6.45) is -4.07. The Morgan fingerprint density at radius 3 is 2.27 bits per heavy atom. The third-order valence-electron chi connectivity index (χ3n) is 1.81. The Hall–Kier alpha value is -0.290. The standard InChI is InChI=1S/C6H11F3N2/c1-11(4-6(7,8)9)5-2-10-3-5/h5,10H,2-4H2,1H3. The van der Waals surface area contributed by atoms with Gasteiger partial charge in [-0.25, -0.2) is 0 Å². The zero-order chi connectivity index (χ0) is 8.48. The molecule has 0 radical (unpaired) electrons. The van der Waals surface area contributed by atoms with E-state index in [4.69, 9.17) is 0 Å². The summed E-state index contributed by atoms with van der Waals surface area (Å²) in [6.45, 7) is 0.540. The van der Waals surface area contributed by atoms with E-state index < -0.39 is 12.7 Å². The second-order valence-electron chi connectivity index (χ2n) is 2.84. The van der Waals surface area contributed by atoms with E-state index >= 15 is 0 Å². The largest absolute Gasteiger partial charge is 0.401 e. The normalized spacial score (nSPS) is 20.5. The van der Waals surface area contributed by atoms with Gasteiger partial charge in [0.05, 0.1) is 6.54 Å². The first kappa shape index (κ1) is 8.80. The minimum absolute atomic E-state index is 0.0663. The van der Waals surface area contributed by atoms with Crippen LogP contribution in [-0.4, -0.2) is 43.8 Å². The Morgan fingerprint density at radius 2 is 2.00 bits per heavy atom. The van der Waals surface area contributed by atoms with Gasteiger partial charge in [0.25, 0.3) is 0 Å². The van der Waals surface area contributed by atoms with Gasteiger partial charge < -0.3 is 5.32 Å². The SMILES string of the molecule is CN(CC(F)(F)F)C1CNC1. The van der Waals surface area contributed by atoms with Crippen molar-refractivity contribution in [1.82, 2.24) is 10.2 Å². The molecule has 1 N–H and O–H groups in total. The fourth-order valence-electron chi connectivity index (χ4n) is 0.997. The number of rotatable bonds is 2. The fourth-order valence-corrected chi connectivity index (χ4v) is 0.997. The first-order valence-corrected chi connectivity index (χ1v) is 3.47. The van der Waals surface area contributed by atoms with Crippen molar-refractivity contribution in [2.45, 2.75) is 12.2 Å². The molecule has 0 bridgehead atoms. The van der Waals surface area contributed by atoms with Crippen molar-refractivity contribution < 1.29 is 13.2 Å². The number of hydrogen-bond acceptors (Lipinski definition) is 2. The van der Waals surface area contributed by atoms with Gasteiger partial charge in [0.2, 0.25) is 0 Å². The van der Waals surface area contributed by atoms with Gasteiger partial charge in [-0.3, -0.25) is 4.90 Å². The molecule has 0 saturated carbocycles. The van der Waals surface area contributed by atoms with Gasteiger partial charge in [-0.1, -0.05) is 0 Å². The number of halogens is 3. The Bertz CT molecular complexity index is 130. The molecule has 0 atom stereocenters. The van der Waals surface area contributed by atoms with Crippen LogP contribution in [0.4, 0.5) is 13.2 Å². The van der Waals surface area contributed by atoms with E-state index in [0.717, 1.165) is 0 Å². The van der Waals surface area contributed by atoms with Crippen molar-refractivity contribution in [3.05, 3.63) is 0 Å². The molecule has 1 rings (SSSR count). The smallest absolute Gasteiger partial charge is 0.314 e. The molecular formula is C6H11F3N2. The number of alkyl halides is 3. The van der Waals surface area contributed by atoms with Crippen LogP contribution in [0.1, 0.15) is 0 Å². The molecule has 1 aliphatic rings. The van der Waals surface area contributed by atoms with E-state index in [1.165, 1.54) is 11.9 Å². The molecule has 2 nitrogen and oxygen atoms in total. The molecule has 1 saturated heterocycles. The lowest BCUT2D eigenvalue weighted by atomic mass is 10.1. The van der Waals surface area contributed by atoms with Crippen LogP contribution in [0.2, 0.25) is 0 Å². The first-order valence-electron chi connectivity index (χ1n) is 3.47. The second kappa shape index (κ2) is 2.98. The highest BCUT2D eigenvalue weighted by Crippen LogP contribution is 2.17. The van der Waals surface area contributed by atoms with E-state index in [9.17, 15) is 13.2 Å². The minimum Gasteiger partial charge on any atom is -0.314 e. The molecule has 11 heavy (non-hydrogen) atoms. The van der Waals surface area contributed by atoms with E-state index in [-0.39, 0.29) is 6.04 Å². The number of nitrogens with zero attached hydrogens (tertiary/aromatic N) is 1. The van der Waals surface area contributed by atoms with E-state index in [1.807, 2.05) is 0 Å². The molecule has 0 amide bonds. The lowest BCUT2D eigenvalue weighted by Gasteiger charge is -2.35. The highest BCUT2D eigenvalue weighted by atomic mass is 19.4. The molecule has 0 aliphatic carbocycles. The molecule has 5 heteroatoms. The third kappa shape index (κ3) is 2.67. The molecule has 0 unspecified atom stereocenters. The molecule has 0 aromatic carbocycles. The molecule has 66 valence electrons. The maximum Gasteiger partial charge on any atom is 0.401 e. The summed E-state index contributed by atoms with van der Waals surface area (Å²) in [7, 11) is 1.50. The molecule has 0 aromatic heterocycles. The average Bonchev–Trinajstić information content (AvgIpc) is 1.50. The molecule has 1 heterocycles. The molecule has 0 spiro atoms. The first-order chi connectivity index (χ1) is 4.99. The van der Waals surface area contributed by atoms with Gasteiger partial charge in [-0.05, 0) is 7.05 Å². The fraction of sp³-hybridized carbons (Fsp3) is 1.00. The second-order valence-corrected chi connectivity index (χ2v) is 2.84. The van der Waals surface area contributed by atoms with Crippen LogP contribution in [0.15, 0.2) is 0 Å². The van der Waals surface area contributed by atoms with E-state index in [1.54, 1.807) is 0 Å². The highest BCUT2D eigenvalue weighted by Gasteiger charge is 2.33. The molecule has 1 aliphatic heterocycles. The summed E-state index contributed by atoms with van der Waals surface area (Å²) in [5.41, 5.74) is 0. The molecular weight excluding hydrogens is 157 g/mol. The van der Waals surface area contributed by atoms with Crippen molar-refractivity contribution >= 4 is 0 Å². The molecule has 1 fully saturated rings. The highest BCUT2D eigenvalue weighted by molar-refractivity contribution is 4.83. The van der Waals surface area contributed by atoms with Crippen molar-refractivity contribution in [1.29, 1.82) is 0 Å². The predicted molar refractivity (Wildman–Crippen MR) is 35.3 cm³/mol. The van der Waals surface area contributed by atoms with Crippen molar-refractivity contribution in [3.63, 3.8) is 0 Å². The predicted octanol–water partition coefficient (Wildman–Crippen LogP) is 0.452. The quantitative estimate of drug-likeness (QED) is 0.644. The van der Waals surface area contributed by atoms with Gasteiger partial charge in [0.15, 0.2) is 0 Å². The maximum absolute atomic E-state index is 11.8. The van der Waals surface area contributed by atoms with Gasteiger partial charge in [-0.15, -0.1) is 0 Å². The number of likely N-dealkylation sites (N-methyl/N-ethyl adjacent to an activating group) is 1. The molecule has 0 aromatic rings. The summed E-state index contributed by atoms with van der Waals surface area (Å²) in [5, 5.41) is 2.92. The van der Waals surface area contributed by atoms with Crippen LogP contribution >= 0.6 is 0 Å². The summed E-state index contributed by atoms with van der Waals surface area (Å²) in [5.74, 6) is 0. The van der Waals surface area contributed by atoms with Crippen LogP contribution in [0.5, 0.6) is 0 Å². The van der Waals surface area contributed by atoms with Crippen LogP contribution in [0.3, 0.4) is 0 Å². The van der Waals surface area contributed by atoms with Gasteiger partial charge in [-0.2, -0.15) is 13.2 Å². The minimum atomic E-state index is -4.07. The Balaban J connectivity index is 2.24. The van der Waals surface area contributed by atoms with Crippen LogP contribution in [0.25, 0.3) is 0 Å². The topological polar surface area (TPSA) is 15.3 Å². The van der Waals surface area contributed by atoms with Crippen molar-refractivity contribution in [2.24, 2.45) is 0 Å². The monoisotopic (exact) mass is 168 g/mol. The average molecular weight is 168 g/mol. The summed E-state index contributed by atoms with van der Waals surface area (Å²) < 4.78 is 35.3. The van der Waals surface area contributed by atoms with Crippen LogP contribution in [-0.2, 0) is 0 Å². The lowest BCUT2D eigenvalue weighted by molar-refractivity contribution is -0.149. The third-order valence-corrected chi connectivity index (χ3v) is 1.81. The Kier molecular flexibility index (Phi) is 2.39. The zero-order valence-corrected chi connectivity index (χ0v) is 6.28. The summed E-state index contributed by atoms with van der Waals surface area (Å²) in [6, 6.07) is 0.0663. The Morgan fingerprint density at radius 1 is 1.45 bits per heavy atom. The maximum atomic E-state index is 11.8. The summed E-state index contributed by atoms with van der Waals surface area (Å²) >= 11 is 0. The van der Waals surface area contributed by atoms with Gasteiger partial charge in [0.1, 0.15) is 0 Å². The number of nitrogens with one attached hydrogen (secondary N) is 1. The number of hydrogen-bond donors (Lipinski definition) is 1. The summed E-state index contributed by atoms with van der Waals surface area (Å²) in [4.78, 5) is 1.33. The lowest BCUT2D eigenvalue weighted by Crippen LogP contribution is -2.57. The van der Waals surface area contributed by atoms with E-state index in [2.05, 4.69) is 5.32 Å². The van der Waals surface area contributed by atoms with Crippen LogP contribution < -0.4 is 5.32 Å². The van der Waals surface area contributed by atoms with Gasteiger partial charge >= 0.3 is 6.18 Å². The van der Waals surface area contributed by atoms with Gasteiger partial charge in [0, 0.05) is 19.1 Å².